The van der Waals surface area contributed by atoms with Crippen molar-refractivity contribution >= 4 is 17.3 Å². The van der Waals surface area contributed by atoms with E-state index in [1.165, 1.54) is 11.1 Å². The molecule has 1 heterocycles. The fourth-order valence-corrected chi connectivity index (χ4v) is 3.27. The summed E-state index contributed by atoms with van der Waals surface area (Å²) in [4.78, 5) is 4.60. The first kappa shape index (κ1) is 15.0. The van der Waals surface area contributed by atoms with Crippen LogP contribution in [-0.4, -0.2) is 41.1 Å². The van der Waals surface area contributed by atoms with Crippen LogP contribution in [0.1, 0.15) is 17.2 Å². The standard InChI is InChI=1S/C18H21N3S/c19-18(22)21-13-11-20(12-14-21)17(15-7-3-1-4-8-15)16-9-5-2-6-10-16/h1-10,17H,11-14H2,(H2,19,22). The van der Waals surface area contributed by atoms with E-state index in [-0.39, 0.29) is 6.04 Å². The highest BCUT2D eigenvalue weighted by Gasteiger charge is 2.26. The highest BCUT2D eigenvalue weighted by Crippen LogP contribution is 2.29. The van der Waals surface area contributed by atoms with Gasteiger partial charge in [-0.25, -0.2) is 0 Å². The fraction of sp³-hybridized carbons (Fsp3) is 0.278. The molecule has 0 spiro atoms. The average Bonchev–Trinajstić information content (AvgIpc) is 2.57. The van der Waals surface area contributed by atoms with Crippen LogP contribution in [0.25, 0.3) is 0 Å². The first-order chi connectivity index (χ1) is 10.8. The monoisotopic (exact) mass is 311 g/mol. The van der Waals surface area contributed by atoms with Gasteiger partial charge in [0.15, 0.2) is 5.11 Å². The van der Waals surface area contributed by atoms with E-state index in [0.29, 0.717) is 5.11 Å². The molecule has 1 aliphatic heterocycles. The lowest BCUT2D eigenvalue weighted by Crippen LogP contribution is -2.51. The summed E-state index contributed by atoms with van der Waals surface area (Å²) < 4.78 is 0. The molecule has 0 saturated carbocycles. The van der Waals surface area contributed by atoms with Crippen LogP contribution in [-0.2, 0) is 0 Å². The number of hydrogen-bond acceptors (Lipinski definition) is 2. The number of nitrogens with zero attached hydrogens (tertiary/aromatic N) is 2. The van der Waals surface area contributed by atoms with E-state index in [1.807, 2.05) is 0 Å². The molecule has 2 N–H and O–H groups in total. The maximum absolute atomic E-state index is 5.75. The Morgan fingerprint density at radius 3 is 1.68 bits per heavy atom. The van der Waals surface area contributed by atoms with Crippen molar-refractivity contribution in [1.29, 1.82) is 0 Å². The minimum atomic E-state index is 0.288. The predicted molar refractivity (Wildman–Crippen MR) is 94.7 cm³/mol. The molecule has 3 nitrogen and oxygen atoms in total. The fourth-order valence-electron chi connectivity index (χ4n) is 3.09. The number of rotatable bonds is 3. The zero-order chi connectivity index (χ0) is 15.4. The zero-order valence-electron chi connectivity index (χ0n) is 12.6. The number of nitrogens with two attached hydrogens (primary N) is 1. The molecular weight excluding hydrogens is 290 g/mol. The van der Waals surface area contributed by atoms with E-state index in [1.54, 1.807) is 0 Å². The lowest BCUT2D eigenvalue weighted by Gasteiger charge is -2.40. The van der Waals surface area contributed by atoms with Crippen molar-refractivity contribution < 1.29 is 0 Å². The van der Waals surface area contributed by atoms with Gasteiger partial charge >= 0.3 is 0 Å². The molecule has 0 aromatic heterocycles. The molecule has 0 unspecified atom stereocenters. The van der Waals surface area contributed by atoms with E-state index in [2.05, 4.69) is 70.5 Å². The summed E-state index contributed by atoms with van der Waals surface area (Å²) in [5.74, 6) is 0. The van der Waals surface area contributed by atoms with Gasteiger partial charge in [-0.1, -0.05) is 60.7 Å². The van der Waals surface area contributed by atoms with Crippen LogP contribution in [0.2, 0.25) is 0 Å². The molecule has 0 amide bonds. The second-order valence-corrected chi connectivity index (χ2v) is 6.00. The van der Waals surface area contributed by atoms with E-state index >= 15 is 0 Å². The van der Waals surface area contributed by atoms with Crippen molar-refractivity contribution in [2.24, 2.45) is 5.73 Å². The summed E-state index contributed by atoms with van der Waals surface area (Å²) in [6.07, 6.45) is 0. The molecule has 3 rings (SSSR count). The van der Waals surface area contributed by atoms with Gasteiger partial charge < -0.3 is 10.6 Å². The molecular formula is C18H21N3S. The summed E-state index contributed by atoms with van der Waals surface area (Å²) in [6.45, 7) is 3.72. The SMILES string of the molecule is NC(=S)N1CCN(C(c2ccccc2)c2ccccc2)CC1. The van der Waals surface area contributed by atoms with Crippen molar-refractivity contribution in [3.8, 4) is 0 Å². The van der Waals surface area contributed by atoms with Crippen molar-refractivity contribution in [1.82, 2.24) is 9.80 Å². The summed E-state index contributed by atoms with van der Waals surface area (Å²) in [5, 5.41) is 0.510. The number of benzene rings is 2. The zero-order valence-corrected chi connectivity index (χ0v) is 13.4. The number of hydrogen-bond donors (Lipinski definition) is 1. The van der Waals surface area contributed by atoms with Gasteiger partial charge in [0.25, 0.3) is 0 Å². The van der Waals surface area contributed by atoms with Gasteiger partial charge in [-0.15, -0.1) is 0 Å². The summed E-state index contributed by atoms with van der Waals surface area (Å²) in [5.41, 5.74) is 8.41. The van der Waals surface area contributed by atoms with E-state index in [0.717, 1.165) is 26.2 Å². The van der Waals surface area contributed by atoms with Crippen molar-refractivity contribution in [3.05, 3.63) is 71.8 Å². The summed E-state index contributed by atoms with van der Waals surface area (Å²) in [6, 6.07) is 21.7. The normalized spacial score (nSPS) is 16.0. The van der Waals surface area contributed by atoms with E-state index in [4.69, 9.17) is 18.0 Å². The Labute approximate surface area is 137 Å². The van der Waals surface area contributed by atoms with Crippen LogP contribution in [0.3, 0.4) is 0 Å². The van der Waals surface area contributed by atoms with Crippen molar-refractivity contribution in [2.45, 2.75) is 6.04 Å². The van der Waals surface area contributed by atoms with Crippen LogP contribution in [0, 0.1) is 0 Å². The highest BCUT2D eigenvalue weighted by atomic mass is 32.1. The van der Waals surface area contributed by atoms with Gasteiger partial charge in [-0.3, -0.25) is 4.90 Å². The maximum Gasteiger partial charge on any atom is 0.166 e. The molecule has 114 valence electrons. The summed E-state index contributed by atoms with van der Waals surface area (Å²) in [7, 11) is 0. The number of thiocarbonyl (C=S) groups is 1. The molecule has 1 aliphatic rings. The third-order valence-electron chi connectivity index (χ3n) is 4.22. The van der Waals surface area contributed by atoms with Crippen LogP contribution < -0.4 is 5.73 Å². The van der Waals surface area contributed by atoms with Crippen LogP contribution >= 0.6 is 12.2 Å². The second kappa shape index (κ2) is 6.90. The predicted octanol–water partition coefficient (Wildman–Crippen LogP) is 2.64. The van der Waals surface area contributed by atoms with Crippen LogP contribution in [0.5, 0.6) is 0 Å². The average molecular weight is 311 g/mol. The van der Waals surface area contributed by atoms with Crippen molar-refractivity contribution in [3.63, 3.8) is 0 Å². The smallest absolute Gasteiger partial charge is 0.166 e. The Hall–Kier alpha value is -1.91. The van der Waals surface area contributed by atoms with Gasteiger partial charge in [-0.2, -0.15) is 0 Å². The van der Waals surface area contributed by atoms with Crippen LogP contribution in [0.4, 0.5) is 0 Å². The van der Waals surface area contributed by atoms with E-state index < -0.39 is 0 Å². The second-order valence-electron chi connectivity index (χ2n) is 5.59. The first-order valence-corrected chi connectivity index (χ1v) is 8.05. The molecule has 2 aromatic carbocycles. The minimum Gasteiger partial charge on any atom is -0.376 e. The Kier molecular flexibility index (Phi) is 4.71. The van der Waals surface area contributed by atoms with Gasteiger partial charge in [0.1, 0.15) is 0 Å². The van der Waals surface area contributed by atoms with Gasteiger partial charge in [0.2, 0.25) is 0 Å². The molecule has 1 saturated heterocycles. The Morgan fingerprint density at radius 2 is 1.27 bits per heavy atom. The lowest BCUT2D eigenvalue weighted by atomic mass is 9.96. The van der Waals surface area contributed by atoms with Gasteiger partial charge in [0.05, 0.1) is 6.04 Å². The van der Waals surface area contributed by atoms with Crippen molar-refractivity contribution in [2.75, 3.05) is 26.2 Å². The Bertz CT molecular complexity index is 567. The molecule has 2 aromatic rings. The lowest BCUT2D eigenvalue weighted by molar-refractivity contribution is 0.151. The third-order valence-corrected chi connectivity index (χ3v) is 4.48. The molecule has 0 bridgehead atoms. The van der Waals surface area contributed by atoms with Crippen LogP contribution in [0.15, 0.2) is 60.7 Å². The van der Waals surface area contributed by atoms with Gasteiger partial charge in [-0.05, 0) is 23.3 Å². The molecule has 4 heteroatoms. The third kappa shape index (κ3) is 3.29. The quantitative estimate of drug-likeness (QED) is 0.883. The first-order valence-electron chi connectivity index (χ1n) is 7.64. The maximum atomic E-state index is 5.75. The minimum absolute atomic E-state index is 0.288. The van der Waals surface area contributed by atoms with E-state index in [9.17, 15) is 0 Å². The molecule has 1 fully saturated rings. The highest BCUT2D eigenvalue weighted by molar-refractivity contribution is 7.80. The molecule has 0 radical (unpaired) electrons. The number of piperazine rings is 1. The molecule has 0 atom stereocenters. The Balaban J connectivity index is 1.86. The largest absolute Gasteiger partial charge is 0.376 e. The Morgan fingerprint density at radius 1 is 0.818 bits per heavy atom. The topological polar surface area (TPSA) is 32.5 Å². The summed E-state index contributed by atoms with van der Waals surface area (Å²) >= 11 is 5.09. The molecule has 22 heavy (non-hydrogen) atoms. The van der Waals surface area contributed by atoms with Gasteiger partial charge in [0, 0.05) is 26.2 Å². The molecule has 0 aliphatic carbocycles.